The van der Waals surface area contributed by atoms with Gasteiger partial charge in [-0.3, -0.25) is 0 Å². The highest BCUT2D eigenvalue weighted by Crippen LogP contribution is 2.26. The first-order chi connectivity index (χ1) is 14.1. The van der Waals surface area contributed by atoms with Gasteiger partial charge in [-0.2, -0.15) is 4.31 Å². The van der Waals surface area contributed by atoms with Crippen molar-refractivity contribution in [2.24, 2.45) is 4.99 Å². The van der Waals surface area contributed by atoms with Gasteiger partial charge >= 0.3 is 0 Å². The van der Waals surface area contributed by atoms with E-state index in [0.29, 0.717) is 31.2 Å². The highest BCUT2D eigenvalue weighted by molar-refractivity contribution is 7.89. The standard InChI is InChI=1S/C20H23N3O3S3/c1-2-9-23-18(19-4-3-14-27-19)15-28-20(23)21-16-5-7-17(8-6-16)29(24,25)22-10-12-26-13-11-22/h3-8,14-15H,2,9-13H2,1H3. The van der Waals surface area contributed by atoms with E-state index >= 15 is 0 Å². The van der Waals surface area contributed by atoms with Gasteiger partial charge in [0.1, 0.15) is 0 Å². The Kier molecular flexibility index (Phi) is 6.31. The Hall–Kier alpha value is -1.78. The summed E-state index contributed by atoms with van der Waals surface area (Å²) in [6, 6.07) is 11.0. The van der Waals surface area contributed by atoms with Crippen LogP contribution in [0.3, 0.4) is 0 Å². The van der Waals surface area contributed by atoms with Crippen LogP contribution in [0.25, 0.3) is 10.6 Å². The summed E-state index contributed by atoms with van der Waals surface area (Å²) in [6.45, 7) is 4.71. The first-order valence-corrected chi connectivity index (χ1v) is 12.7. The summed E-state index contributed by atoms with van der Waals surface area (Å²) in [7, 11) is -3.48. The molecule has 0 unspecified atom stereocenters. The number of nitrogens with zero attached hydrogens (tertiary/aromatic N) is 3. The summed E-state index contributed by atoms with van der Waals surface area (Å²) in [5.74, 6) is 0. The van der Waals surface area contributed by atoms with Crippen molar-refractivity contribution < 1.29 is 13.2 Å². The van der Waals surface area contributed by atoms with Crippen molar-refractivity contribution in [1.29, 1.82) is 0 Å². The minimum atomic E-state index is -3.48. The Morgan fingerprint density at radius 3 is 2.52 bits per heavy atom. The Labute approximate surface area is 178 Å². The van der Waals surface area contributed by atoms with Crippen LogP contribution in [0.15, 0.2) is 57.0 Å². The van der Waals surface area contributed by atoms with Crippen molar-refractivity contribution in [2.45, 2.75) is 24.8 Å². The van der Waals surface area contributed by atoms with Gasteiger partial charge in [0.15, 0.2) is 4.80 Å². The number of thiophene rings is 1. The van der Waals surface area contributed by atoms with Gasteiger partial charge < -0.3 is 9.30 Å². The molecule has 4 rings (SSSR count). The number of ether oxygens (including phenoxy) is 1. The van der Waals surface area contributed by atoms with E-state index in [1.807, 2.05) is 0 Å². The van der Waals surface area contributed by atoms with Crippen LogP contribution in [0, 0.1) is 0 Å². The topological polar surface area (TPSA) is 63.9 Å². The Bertz CT molecular complexity index is 1110. The van der Waals surface area contributed by atoms with Crippen molar-refractivity contribution in [3.63, 3.8) is 0 Å². The Morgan fingerprint density at radius 1 is 1.10 bits per heavy atom. The zero-order valence-corrected chi connectivity index (χ0v) is 18.6. The molecule has 1 fully saturated rings. The van der Waals surface area contributed by atoms with Crippen LogP contribution in [0.1, 0.15) is 13.3 Å². The summed E-state index contributed by atoms with van der Waals surface area (Å²) in [6.07, 6.45) is 1.01. The van der Waals surface area contributed by atoms with Crippen LogP contribution in [0.5, 0.6) is 0 Å². The molecule has 0 aliphatic carbocycles. The quantitative estimate of drug-likeness (QED) is 0.573. The Morgan fingerprint density at radius 2 is 1.86 bits per heavy atom. The first kappa shape index (κ1) is 20.5. The Balaban J connectivity index is 1.64. The van der Waals surface area contributed by atoms with Crippen molar-refractivity contribution in [3.05, 3.63) is 52.0 Å². The summed E-state index contributed by atoms with van der Waals surface area (Å²) < 4.78 is 34.5. The van der Waals surface area contributed by atoms with Gasteiger partial charge in [0.25, 0.3) is 0 Å². The van der Waals surface area contributed by atoms with Gasteiger partial charge in [0.05, 0.1) is 34.4 Å². The van der Waals surface area contributed by atoms with E-state index in [1.54, 1.807) is 46.9 Å². The monoisotopic (exact) mass is 449 g/mol. The average Bonchev–Trinajstić information content (AvgIpc) is 3.40. The number of benzene rings is 1. The van der Waals surface area contributed by atoms with Crippen LogP contribution in [-0.4, -0.2) is 43.6 Å². The number of rotatable bonds is 6. The maximum absolute atomic E-state index is 12.8. The molecular formula is C20H23N3O3S3. The maximum atomic E-state index is 12.8. The fourth-order valence-electron chi connectivity index (χ4n) is 3.22. The van der Waals surface area contributed by atoms with Gasteiger partial charge in [-0.25, -0.2) is 13.4 Å². The second-order valence-electron chi connectivity index (χ2n) is 6.65. The lowest BCUT2D eigenvalue weighted by Crippen LogP contribution is -2.40. The number of sulfonamides is 1. The fourth-order valence-corrected chi connectivity index (χ4v) is 6.40. The highest BCUT2D eigenvalue weighted by Gasteiger charge is 2.26. The smallest absolute Gasteiger partial charge is 0.243 e. The molecule has 0 spiro atoms. The third kappa shape index (κ3) is 4.39. The van der Waals surface area contributed by atoms with Gasteiger partial charge in [0.2, 0.25) is 10.0 Å². The zero-order chi connectivity index (χ0) is 20.3. The van der Waals surface area contributed by atoms with Crippen LogP contribution in [0.4, 0.5) is 5.69 Å². The molecule has 0 atom stereocenters. The lowest BCUT2D eigenvalue weighted by atomic mass is 10.3. The van der Waals surface area contributed by atoms with Crippen LogP contribution in [-0.2, 0) is 21.3 Å². The van der Waals surface area contributed by atoms with Crippen molar-refractivity contribution in [1.82, 2.24) is 8.87 Å². The number of morpholine rings is 1. The summed E-state index contributed by atoms with van der Waals surface area (Å²) in [5.41, 5.74) is 1.92. The van der Waals surface area contributed by atoms with E-state index in [0.717, 1.165) is 23.5 Å². The zero-order valence-electron chi connectivity index (χ0n) is 16.2. The third-order valence-corrected chi connectivity index (χ3v) is 8.36. The molecule has 0 N–H and O–H groups in total. The minimum absolute atomic E-state index is 0.297. The number of aromatic nitrogens is 1. The van der Waals surface area contributed by atoms with Gasteiger partial charge in [-0.1, -0.05) is 13.0 Å². The van der Waals surface area contributed by atoms with Crippen molar-refractivity contribution in [3.8, 4) is 10.6 Å². The molecule has 3 aromatic rings. The first-order valence-electron chi connectivity index (χ1n) is 9.54. The molecule has 2 aromatic heterocycles. The molecule has 0 saturated carbocycles. The van der Waals surface area contributed by atoms with Crippen LogP contribution in [0.2, 0.25) is 0 Å². The molecule has 6 nitrogen and oxygen atoms in total. The molecule has 154 valence electrons. The predicted octanol–water partition coefficient (Wildman–Crippen LogP) is 3.94. The second kappa shape index (κ2) is 8.93. The molecule has 1 aliphatic rings. The van der Waals surface area contributed by atoms with E-state index in [9.17, 15) is 8.42 Å². The molecule has 0 amide bonds. The largest absolute Gasteiger partial charge is 0.379 e. The number of thiazole rings is 1. The van der Waals surface area contributed by atoms with Gasteiger partial charge in [-0.05, 0) is 42.1 Å². The van der Waals surface area contributed by atoms with Crippen LogP contribution < -0.4 is 4.80 Å². The summed E-state index contributed by atoms with van der Waals surface area (Å²) in [5, 5.41) is 4.21. The van der Waals surface area contributed by atoms with E-state index in [-0.39, 0.29) is 0 Å². The number of hydrogen-bond donors (Lipinski definition) is 0. The average molecular weight is 450 g/mol. The van der Waals surface area contributed by atoms with Crippen molar-refractivity contribution in [2.75, 3.05) is 26.3 Å². The predicted molar refractivity (Wildman–Crippen MR) is 117 cm³/mol. The molecule has 0 bridgehead atoms. The number of hydrogen-bond acceptors (Lipinski definition) is 6. The SMILES string of the molecule is CCCn1c(-c2cccs2)csc1=Nc1ccc(S(=O)(=O)N2CCOCC2)cc1. The third-order valence-electron chi connectivity index (χ3n) is 4.69. The van der Waals surface area contributed by atoms with E-state index < -0.39 is 10.0 Å². The van der Waals surface area contributed by atoms with E-state index in [1.165, 1.54) is 14.9 Å². The maximum Gasteiger partial charge on any atom is 0.243 e. The minimum Gasteiger partial charge on any atom is -0.379 e. The lowest BCUT2D eigenvalue weighted by Gasteiger charge is -2.26. The molecule has 9 heteroatoms. The van der Waals surface area contributed by atoms with E-state index in [2.05, 4.69) is 34.4 Å². The summed E-state index contributed by atoms with van der Waals surface area (Å²) in [4.78, 5) is 7.22. The van der Waals surface area contributed by atoms with Crippen LogP contribution >= 0.6 is 22.7 Å². The molecular weight excluding hydrogens is 426 g/mol. The molecule has 0 radical (unpaired) electrons. The normalized spacial score (nSPS) is 16.4. The molecule has 1 aliphatic heterocycles. The summed E-state index contributed by atoms with van der Waals surface area (Å²) >= 11 is 3.32. The highest BCUT2D eigenvalue weighted by atomic mass is 32.2. The fraction of sp³-hybridized carbons (Fsp3) is 0.350. The molecule has 29 heavy (non-hydrogen) atoms. The van der Waals surface area contributed by atoms with E-state index in [4.69, 9.17) is 9.73 Å². The molecule has 1 aromatic carbocycles. The lowest BCUT2D eigenvalue weighted by molar-refractivity contribution is 0.0730. The van der Waals surface area contributed by atoms with Gasteiger partial charge in [-0.15, -0.1) is 22.7 Å². The molecule has 3 heterocycles. The molecule has 1 saturated heterocycles. The van der Waals surface area contributed by atoms with Gasteiger partial charge in [0, 0.05) is 25.0 Å². The van der Waals surface area contributed by atoms with Crippen molar-refractivity contribution >= 4 is 38.4 Å². The second-order valence-corrected chi connectivity index (χ2v) is 10.4.